The molecule has 0 spiro atoms. The Balaban J connectivity index is 2.15. The van der Waals surface area contributed by atoms with E-state index in [0.29, 0.717) is 49.0 Å². The monoisotopic (exact) mass is 394 g/mol. The van der Waals surface area contributed by atoms with Crippen LogP contribution in [0.25, 0.3) is 10.9 Å². The maximum absolute atomic E-state index is 14.1. The van der Waals surface area contributed by atoms with Crippen LogP contribution < -0.4 is 10.5 Å². The van der Waals surface area contributed by atoms with Crippen molar-refractivity contribution >= 4 is 33.9 Å². The zero-order valence-corrected chi connectivity index (χ0v) is 16.7. The Hall–Kier alpha value is -1.97. The van der Waals surface area contributed by atoms with Gasteiger partial charge in [0.25, 0.3) is 5.56 Å². The van der Waals surface area contributed by atoms with Crippen LogP contribution in [-0.2, 0) is 16.1 Å². The van der Waals surface area contributed by atoms with Gasteiger partial charge in [-0.1, -0.05) is 4.40 Å². The van der Waals surface area contributed by atoms with E-state index in [1.165, 1.54) is 6.07 Å². The summed E-state index contributed by atoms with van der Waals surface area (Å²) in [4.78, 5) is 21.7. The van der Waals surface area contributed by atoms with Gasteiger partial charge in [0, 0.05) is 18.7 Å². The van der Waals surface area contributed by atoms with E-state index in [1.54, 1.807) is 6.92 Å². The highest BCUT2D eigenvalue weighted by atomic mass is 32.2. The molecule has 2 aromatic rings. The summed E-state index contributed by atoms with van der Waals surface area (Å²) in [7, 11) is 0. The Morgan fingerprint density at radius 1 is 1.37 bits per heavy atom. The molecule has 146 valence electrons. The quantitative estimate of drug-likeness (QED) is 0.636. The third-order valence-corrected chi connectivity index (χ3v) is 5.69. The minimum atomic E-state index is -1.51. The normalized spacial score (nSPS) is 17.4. The third kappa shape index (κ3) is 4.31. The van der Waals surface area contributed by atoms with E-state index >= 15 is 0 Å². The molecule has 2 heterocycles. The molecule has 0 aliphatic carbocycles. The Labute approximate surface area is 160 Å². The molecule has 1 saturated heterocycles. The summed E-state index contributed by atoms with van der Waals surface area (Å²) < 4.78 is 35.5. The highest BCUT2D eigenvalue weighted by Crippen LogP contribution is 2.23. The van der Waals surface area contributed by atoms with Gasteiger partial charge in [-0.25, -0.2) is 9.37 Å². The molecule has 1 aromatic heterocycles. The van der Waals surface area contributed by atoms with Gasteiger partial charge < -0.3 is 14.2 Å². The molecule has 0 amide bonds. The van der Waals surface area contributed by atoms with E-state index in [9.17, 15) is 13.7 Å². The smallest absolute Gasteiger partial charge is 0.260 e. The topological polar surface area (TPSA) is 93.6 Å². The van der Waals surface area contributed by atoms with Gasteiger partial charge in [0.05, 0.1) is 29.8 Å². The first-order chi connectivity index (χ1) is 12.7. The average molecular weight is 394 g/mol. The largest absolute Gasteiger partial charge is 0.591 e. The van der Waals surface area contributed by atoms with Crippen LogP contribution in [-0.4, -0.2) is 51.3 Å². The van der Waals surface area contributed by atoms with Crippen LogP contribution in [0, 0.1) is 5.82 Å². The molecule has 27 heavy (non-hydrogen) atoms. The summed E-state index contributed by atoms with van der Waals surface area (Å²) in [6.07, 6.45) is 0. The second-order valence-electron chi connectivity index (χ2n) is 7.38. The summed E-state index contributed by atoms with van der Waals surface area (Å²) >= 11 is -1.51. The van der Waals surface area contributed by atoms with Gasteiger partial charge in [0.1, 0.15) is 21.9 Å². The van der Waals surface area contributed by atoms with E-state index < -0.39 is 27.5 Å². The molecule has 0 bridgehead atoms. The lowest BCUT2D eigenvalue weighted by Gasteiger charge is -2.27. The van der Waals surface area contributed by atoms with Crippen molar-refractivity contribution in [1.82, 2.24) is 9.97 Å². The zero-order chi connectivity index (χ0) is 19.8. The van der Waals surface area contributed by atoms with Crippen molar-refractivity contribution in [3.63, 3.8) is 0 Å². The van der Waals surface area contributed by atoms with Crippen molar-refractivity contribution in [1.29, 1.82) is 0 Å². The number of hydrogen-bond donors (Lipinski definition) is 1. The number of nitrogens with one attached hydrogen (secondary N) is 1. The van der Waals surface area contributed by atoms with Crippen molar-refractivity contribution in [2.45, 2.75) is 32.4 Å². The van der Waals surface area contributed by atoms with Crippen molar-refractivity contribution in [2.75, 3.05) is 31.2 Å². The molecule has 9 heteroatoms. The van der Waals surface area contributed by atoms with Gasteiger partial charge in [0.2, 0.25) is 5.95 Å². The minimum absolute atomic E-state index is 0.137. The first-order valence-electron chi connectivity index (χ1n) is 8.71. The van der Waals surface area contributed by atoms with Gasteiger partial charge in [-0.2, -0.15) is 0 Å². The molecule has 1 aliphatic heterocycles. The van der Waals surface area contributed by atoms with Gasteiger partial charge in [0.15, 0.2) is 0 Å². The van der Waals surface area contributed by atoms with Crippen molar-refractivity contribution in [2.24, 2.45) is 4.40 Å². The van der Waals surface area contributed by atoms with E-state index in [2.05, 4.69) is 14.4 Å². The maximum Gasteiger partial charge on any atom is 0.260 e. The van der Waals surface area contributed by atoms with Gasteiger partial charge in [-0.15, -0.1) is 0 Å². The number of ether oxygens (including phenoxy) is 1. The Morgan fingerprint density at radius 2 is 2.04 bits per heavy atom. The van der Waals surface area contributed by atoms with E-state index in [0.717, 1.165) is 6.07 Å². The summed E-state index contributed by atoms with van der Waals surface area (Å²) in [5, 5.41) is 0.137. The molecule has 1 N–H and O–H groups in total. The predicted molar refractivity (Wildman–Crippen MR) is 105 cm³/mol. The van der Waals surface area contributed by atoms with Crippen LogP contribution in [0.5, 0.6) is 0 Å². The highest BCUT2D eigenvalue weighted by Gasteiger charge is 2.27. The zero-order valence-electron chi connectivity index (χ0n) is 15.8. The van der Waals surface area contributed by atoms with E-state index in [1.807, 2.05) is 25.7 Å². The molecule has 1 aliphatic rings. The highest BCUT2D eigenvalue weighted by molar-refractivity contribution is 7.91. The van der Waals surface area contributed by atoms with Gasteiger partial charge in [-0.05, 0) is 39.8 Å². The number of halogens is 1. The maximum atomic E-state index is 14.1. The number of fused-ring (bicyclic) bond motifs is 1. The molecule has 3 rings (SSSR count). The van der Waals surface area contributed by atoms with Crippen LogP contribution in [0.2, 0.25) is 0 Å². The minimum Gasteiger partial charge on any atom is -0.591 e. The number of aromatic nitrogens is 2. The van der Waals surface area contributed by atoms with Crippen LogP contribution in [0.1, 0.15) is 33.3 Å². The molecular formula is C18H23FN4O3S. The molecule has 0 radical (unpaired) electrons. The lowest BCUT2D eigenvalue weighted by Crippen LogP contribution is -2.38. The van der Waals surface area contributed by atoms with Crippen molar-refractivity contribution in [3.05, 3.63) is 33.9 Å². The number of nitrogens with zero attached hydrogens (tertiary/aromatic N) is 3. The summed E-state index contributed by atoms with van der Waals surface area (Å²) in [6.45, 7) is 9.37. The Bertz CT molecular complexity index is 933. The number of rotatable bonds is 3. The molecular weight excluding hydrogens is 371 g/mol. The molecule has 0 saturated carbocycles. The first-order valence-corrected chi connectivity index (χ1v) is 9.81. The summed E-state index contributed by atoms with van der Waals surface area (Å²) in [6, 6.07) is 2.43. The second-order valence-corrected chi connectivity index (χ2v) is 9.28. The molecule has 1 atom stereocenters. The van der Waals surface area contributed by atoms with Crippen molar-refractivity contribution in [3.8, 4) is 0 Å². The van der Waals surface area contributed by atoms with Crippen LogP contribution in [0.4, 0.5) is 10.3 Å². The second kappa shape index (κ2) is 7.57. The number of anilines is 1. The molecule has 1 fully saturated rings. The van der Waals surface area contributed by atoms with E-state index in [-0.39, 0.29) is 5.39 Å². The van der Waals surface area contributed by atoms with Crippen molar-refractivity contribution < 1.29 is 13.7 Å². The van der Waals surface area contributed by atoms with Gasteiger partial charge in [-0.3, -0.25) is 9.78 Å². The predicted octanol–water partition coefficient (Wildman–Crippen LogP) is 2.17. The lowest BCUT2D eigenvalue weighted by atomic mass is 10.1. The molecule has 1 unspecified atom stereocenters. The number of aromatic amines is 1. The summed E-state index contributed by atoms with van der Waals surface area (Å²) in [5.41, 5.74) is 0.655. The number of benzene rings is 1. The van der Waals surface area contributed by atoms with E-state index in [4.69, 9.17) is 4.74 Å². The average Bonchev–Trinajstić information content (AvgIpc) is 2.61. The summed E-state index contributed by atoms with van der Waals surface area (Å²) in [5.74, 6) is -0.159. The number of morpholine rings is 1. The van der Waals surface area contributed by atoms with Crippen LogP contribution in [0.3, 0.4) is 0 Å². The first kappa shape index (κ1) is 19.8. The fourth-order valence-electron chi connectivity index (χ4n) is 2.71. The Kier molecular flexibility index (Phi) is 5.55. The van der Waals surface area contributed by atoms with Gasteiger partial charge >= 0.3 is 0 Å². The fraction of sp³-hybridized carbons (Fsp3) is 0.500. The standard InChI is InChI=1S/C18H23FN4O3S/c1-11(22-27(25)18(2,3)4)13-9-12(19)10-14-15(13)20-17(21-16(14)24)23-5-7-26-8-6-23/h9-10H,5-8H2,1-4H3,(H,20,21,24). The third-order valence-electron chi connectivity index (χ3n) is 4.21. The lowest BCUT2D eigenvalue weighted by molar-refractivity contribution is 0.122. The SMILES string of the molecule is CC(=N[S+]([O-])C(C)(C)C)c1cc(F)cc2c(=O)[nH]c(N3CCOCC3)nc12. The molecule has 1 aromatic carbocycles. The fourth-order valence-corrected chi connectivity index (χ4v) is 3.33. The Morgan fingerprint density at radius 3 is 2.67 bits per heavy atom. The van der Waals surface area contributed by atoms with Crippen LogP contribution in [0.15, 0.2) is 21.3 Å². The number of hydrogen-bond acceptors (Lipinski definition) is 6. The van der Waals surface area contributed by atoms with Crippen LogP contribution >= 0.6 is 0 Å². The molecule has 7 nitrogen and oxygen atoms in total. The number of H-pyrrole nitrogens is 1.